The summed E-state index contributed by atoms with van der Waals surface area (Å²) in [6.45, 7) is 3.37. The third kappa shape index (κ3) is 1.69. The number of hydrogen-bond acceptors (Lipinski definition) is 1. The standard InChI is InChI=1S/C13H19N/c1-10-5-3-6-11-7-4-8-12(9-14-2)13(10)11/h3,5-6,12,14H,4,7-9H2,1-2H3. The highest BCUT2D eigenvalue weighted by Gasteiger charge is 2.20. The Morgan fingerprint density at radius 3 is 3.07 bits per heavy atom. The molecular weight excluding hydrogens is 170 g/mol. The zero-order valence-corrected chi connectivity index (χ0v) is 9.14. The maximum Gasteiger partial charge on any atom is 0.00173 e. The largest absolute Gasteiger partial charge is 0.319 e. The lowest BCUT2D eigenvalue weighted by Gasteiger charge is -2.27. The molecule has 0 bridgehead atoms. The Balaban J connectivity index is 2.36. The molecule has 1 aliphatic carbocycles. The summed E-state index contributed by atoms with van der Waals surface area (Å²) in [5.41, 5.74) is 4.67. The van der Waals surface area contributed by atoms with Crippen molar-refractivity contribution in [3.63, 3.8) is 0 Å². The predicted molar refractivity (Wildman–Crippen MR) is 60.8 cm³/mol. The van der Waals surface area contributed by atoms with Crippen molar-refractivity contribution in [3.8, 4) is 0 Å². The summed E-state index contributed by atoms with van der Waals surface area (Å²) in [5.74, 6) is 0.741. The normalized spacial score (nSPS) is 20.6. The molecule has 1 unspecified atom stereocenters. The van der Waals surface area contributed by atoms with E-state index in [2.05, 4.69) is 30.4 Å². The molecular formula is C13H19N. The summed E-state index contributed by atoms with van der Waals surface area (Å²) >= 11 is 0. The van der Waals surface area contributed by atoms with Gasteiger partial charge >= 0.3 is 0 Å². The lowest BCUT2D eigenvalue weighted by Crippen LogP contribution is -2.22. The van der Waals surface area contributed by atoms with E-state index in [1.165, 1.54) is 24.8 Å². The molecule has 0 saturated heterocycles. The van der Waals surface area contributed by atoms with Crippen LogP contribution >= 0.6 is 0 Å². The molecule has 1 aliphatic rings. The van der Waals surface area contributed by atoms with Crippen LogP contribution < -0.4 is 5.32 Å². The molecule has 0 saturated carbocycles. The molecule has 0 heterocycles. The first-order valence-electron chi connectivity index (χ1n) is 5.56. The quantitative estimate of drug-likeness (QED) is 0.754. The highest BCUT2D eigenvalue weighted by molar-refractivity contribution is 5.39. The van der Waals surface area contributed by atoms with E-state index in [9.17, 15) is 0 Å². The Kier molecular flexibility index (Phi) is 2.87. The number of nitrogens with one attached hydrogen (secondary N) is 1. The smallest absolute Gasteiger partial charge is 0.00173 e. The van der Waals surface area contributed by atoms with Gasteiger partial charge in [0.05, 0.1) is 0 Å². The van der Waals surface area contributed by atoms with Crippen LogP contribution in [0.5, 0.6) is 0 Å². The summed E-state index contributed by atoms with van der Waals surface area (Å²) < 4.78 is 0. The zero-order valence-electron chi connectivity index (χ0n) is 9.14. The highest BCUT2D eigenvalue weighted by atomic mass is 14.8. The minimum atomic E-state index is 0.741. The molecule has 1 nitrogen and oxygen atoms in total. The van der Waals surface area contributed by atoms with Crippen molar-refractivity contribution in [1.82, 2.24) is 5.32 Å². The van der Waals surface area contributed by atoms with Gasteiger partial charge in [0.25, 0.3) is 0 Å². The van der Waals surface area contributed by atoms with Crippen LogP contribution in [-0.2, 0) is 6.42 Å². The second-order valence-electron chi connectivity index (χ2n) is 4.29. The van der Waals surface area contributed by atoms with Crippen LogP contribution in [0.4, 0.5) is 0 Å². The molecule has 1 heteroatoms. The molecule has 0 radical (unpaired) electrons. The van der Waals surface area contributed by atoms with Gasteiger partial charge in [-0.1, -0.05) is 18.2 Å². The lowest BCUT2D eigenvalue weighted by molar-refractivity contribution is 0.526. The topological polar surface area (TPSA) is 12.0 Å². The Morgan fingerprint density at radius 1 is 1.43 bits per heavy atom. The van der Waals surface area contributed by atoms with Gasteiger partial charge in [0.1, 0.15) is 0 Å². The fourth-order valence-corrected chi connectivity index (χ4v) is 2.68. The van der Waals surface area contributed by atoms with Crippen LogP contribution in [0, 0.1) is 6.92 Å². The van der Waals surface area contributed by atoms with Gasteiger partial charge in [0.2, 0.25) is 0 Å². The summed E-state index contributed by atoms with van der Waals surface area (Å²) in [6, 6.07) is 6.73. The Morgan fingerprint density at radius 2 is 2.29 bits per heavy atom. The van der Waals surface area contributed by atoms with E-state index in [1.807, 2.05) is 7.05 Å². The van der Waals surface area contributed by atoms with Crippen LogP contribution in [0.3, 0.4) is 0 Å². The van der Waals surface area contributed by atoms with Gasteiger partial charge in [-0.2, -0.15) is 0 Å². The van der Waals surface area contributed by atoms with E-state index in [0.717, 1.165) is 12.5 Å². The van der Waals surface area contributed by atoms with Gasteiger partial charge < -0.3 is 5.32 Å². The average molecular weight is 189 g/mol. The SMILES string of the molecule is CNCC1CCCc2cccc(C)c21. The molecule has 1 aromatic rings. The van der Waals surface area contributed by atoms with Gasteiger partial charge in [0, 0.05) is 6.54 Å². The highest BCUT2D eigenvalue weighted by Crippen LogP contribution is 2.33. The first-order chi connectivity index (χ1) is 6.83. The summed E-state index contributed by atoms with van der Waals surface area (Å²) in [5, 5.41) is 3.31. The minimum absolute atomic E-state index is 0.741. The second-order valence-corrected chi connectivity index (χ2v) is 4.29. The Bertz CT molecular complexity index is 317. The van der Waals surface area contributed by atoms with Crippen LogP contribution in [-0.4, -0.2) is 13.6 Å². The molecule has 0 fully saturated rings. The van der Waals surface area contributed by atoms with Crippen molar-refractivity contribution in [2.45, 2.75) is 32.1 Å². The van der Waals surface area contributed by atoms with Gasteiger partial charge in [-0.25, -0.2) is 0 Å². The summed E-state index contributed by atoms with van der Waals surface area (Å²) in [4.78, 5) is 0. The molecule has 2 rings (SSSR count). The third-order valence-electron chi connectivity index (χ3n) is 3.27. The van der Waals surface area contributed by atoms with Crippen LogP contribution in [0.15, 0.2) is 18.2 Å². The van der Waals surface area contributed by atoms with Crippen molar-refractivity contribution >= 4 is 0 Å². The monoisotopic (exact) mass is 189 g/mol. The average Bonchev–Trinajstić information content (AvgIpc) is 2.19. The van der Waals surface area contributed by atoms with E-state index >= 15 is 0 Å². The Labute approximate surface area is 86.5 Å². The van der Waals surface area contributed by atoms with Gasteiger partial charge in [-0.3, -0.25) is 0 Å². The van der Waals surface area contributed by atoms with Crippen molar-refractivity contribution < 1.29 is 0 Å². The fraction of sp³-hybridized carbons (Fsp3) is 0.538. The van der Waals surface area contributed by atoms with Crippen LogP contribution in [0.2, 0.25) is 0 Å². The van der Waals surface area contributed by atoms with E-state index in [1.54, 1.807) is 11.1 Å². The molecule has 1 N–H and O–H groups in total. The molecule has 0 amide bonds. The van der Waals surface area contributed by atoms with E-state index in [4.69, 9.17) is 0 Å². The number of fused-ring (bicyclic) bond motifs is 1. The molecule has 14 heavy (non-hydrogen) atoms. The molecule has 76 valence electrons. The van der Waals surface area contributed by atoms with Gasteiger partial charge in [0.15, 0.2) is 0 Å². The van der Waals surface area contributed by atoms with Crippen LogP contribution in [0.1, 0.15) is 35.4 Å². The number of hydrogen-bond donors (Lipinski definition) is 1. The molecule has 1 atom stereocenters. The number of aryl methyl sites for hydroxylation is 2. The van der Waals surface area contributed by atoms with E-state index < -0.39 is 0 Å². The number of likely N-dealkylation sites (N-methyl/N-ethyl adjacent to an activating group) is 1. The second kappa shape index (κ2) is 4.14. The maximum atomic E-state index is 3.31. The summed E-state index contributed by atoms with van der Waals surface area (Å²) in [6.07, 6.45) is 3.97. The molecule has 0 aliphatic heterocycles. The number of benzene rings is 1. The van der Waals surface area contributed by atoms with Gasteiger partial charge in [-0.15, -0.1) is 0 Å². The molecule has 0 aromatic heterocycles. The predicted octanol–water partition coefficient (Wildman–Crippen LogP) is 2.63. The maximum absolute atomic E-state index is 3.31. The summed E-state index contributed by atoms with van der Waals surface area (Å²) in [7, 11) is 2.05. The lowest BCUT2D eigenvalue weighted by atomic mass is 9.80. The minimum Gasteiger partial charge on any atom is -0.319 e. The van der Waals surface area contributed by atoms with Crippen molar-refractivity contribution in [1.29, 1.82) is 0 Å². The van der Waals surface area contributed by atoms with E-state index in [0.29, 0.717) is 0 Å². The van der Waals surface area contributed by atoms with Crippen LogP contribution in [0.25, 0.3) is 0 Å². The van der Waals surface area contributed by atoms with E-state index in [-0.39, 0.29) is 0 Å². The fourth-order valence-electron chi connectivity index (χ4n) is 2.68. The number of rotatable bonds is 2. The van der Waals surface area contributed by atoms with Crippen molar-refractivity contribution in [2.75, 3.05) is 13.6 Å². The van der Waals surface area contributed by atoms with Gasteiger partial charge in [-0.05, 0) is 55.8 Å². The molecule has 0 spiro atoms. The van der Waals surface area contributed by atoms with Crippen molar-refractivity contribution in [2.24, 2.45) is 0 Å². The zero-order chi connectivity index (χ0) is 9.97. The Hall–Kier alpha value is -0.820. The molecule has 1 aromatic carbocycles. The first-order valence-corrected chi connectivity index (χ1v) is 5.56. The van der Waals surface area contributed by atoms with Crippen molar-refractivity contribution in [3.05, 3.63) is 34.9 Å². The first kappa shape index (κ1) is 9.72. The third-order valence-corrected chi connectivity index (χ3v) is 3.27.